The molecule has 0 aromatic heterocycles. The van der Waals surface area contributed by atoms with E-state index in [9.17, 15) is 26.0 Å². The highest BCUT2D eigenvalue weighted by Crippen LogP contribution is 2.32. The minimum Gasteiger partial charge on any atom is -0.330 e. The van der Waals surface area contributed by atoms with Gasteiger partial charge in [-0.2, -0.15) is 4.31 Å². The van der Waals surface area contributed by atoms with Crippen LogP contribution in [0.25, 0.3) is 0 Å². The van der Waals surface area contributed by atoms with Crippen LogP contribution in [0.15, 0.2) is 11.0 Å². The highest BCUT2D eigenvalue weighted by Gasteiger charge is 2.41. The van der Waals surface area contributed by atoms with Gasteiger partial charge in [-0.25, -0.2) is 26.0 Å². The average molecular weight is 363 g/mol. The van der Waals surface area contributed by atoms with E-state index >= 15 is 0 Å². The van der Waals surface area contributed by atoms with Gasteiger partial charge in [-0.15, -0.1) is 12.4 Å². The predicted molar refractivity (Wildman–Crippen MR) is 74.0 cm³/mol. The zero-order valence-electron chi connectivity index (χ0n) is 11.5. The van der Waals surface area contributed by atoms with Gasteiger partial charge in [0, 0.05) is 18.7 Å². The maximum atomic E-state index is 13.7. The summed E-state index contributed by atoms with van der Waals surface area (Å²) < 4.78 is 79.2. The van der Waals surface area contributed by atoms with Gasteiger partial charge in [-0.1, -0.05) is 0 Å². The minimum absolute atomic E-state index is 0. The fourth-order valence-electron chi connectivity index (χ4n) is 2.51. The van der Waals surface area contributed by atoms with Crippen molar-refractivity contribution in [2.75, 3.05) is 13.1 Å². The lowest BCUT2D eigenvalue weighted by atomic mass is 10.1. The molecule has 10 heteroatoms. The molecule has 126 valence electrons. The van der Waals surface area contributed by atoms with Gasteiger partial charge in [-0.3, -0.25) is 0 Å². The highest BCUT2D eigenvalue weighted by atomic mass is 35.5. The zero-order valence-corrected chi connectivity index (χ0v) is 13.2. The van der Waals surface area contributed by atoms with Gasteiger partial charge < -0.3 is 5.73 Å². The van der Waals surface area contributed by atoms with E-state index in [4.69, 9.17) is 5.73 Å². The number of rotatable bonds is 3. The molecule has 2 unspecified atom stereocenters. The standard InChI is InChI=1S/C12H14F4N2O2S.ClH/c1-6-2-7(4-17)5-18(6)21(19,20)12-10(15)8(13)3-9(14)11(12)16;/h3,6-7H,2,4-5,17H2,1H3;1H. The number of hydrogen-bond acceptors (Lipinski definition) is 3. The molecule has 1 aromatic carbocycles. The number of nitrogens with zero attached hydrogens (tertiary/aromatic N) is 1. The van der Waals surface area contributed by atoms with Crippen molar-refractivity contribution in [2.24, 2.45) is 11.7 Å². The Balaban J connectivity index is 0.00000242. The number of halogens is 5. The summed E-state index contributed by atoms with van der Waals surface area (Å²) in [5, 5.41) is 0. The topological polar surface area (TPSA) is 63.4 Å². The van der Waals surface area contributed by atoms with Crippen LogP contribution in [0.2, 0.25) is 0 Å². The second kappa shape index (κ2) is 6.69. The molecule has 1 aromatic rings. The van der Waals surface area contributed by atoms with Gasteiger partial charge in [0.1, 0.15) is 0 Å². The zero-order chi connectivity index (χ0) is 15.9. The summed E-state index contributed by atoms with van der Waals surface area (Å²) in [7, 11) is -4.69. The molecule has 1 heterocycles. The Morgan fingerprint density at radius 3 is 2.14 bits per heavy atom. The maximum absolute atomic E-state index is 13.7. The molecule has 2 N–H and O–H groups in total. The monoisotopic (exact) mass is 362 g/mol. The molecule has 1 aliphatic heterocycles. The first-order valence-corrected chi connectivity index (χ1v) is 7.69. The van der Waals surface area contributed by atoms with Crippen LogP contribution in [-0.4, -0.2) is 31.9 Å². The van der Waals surface area contributed by atoms with Gasteiger partial charge in [0.15, 0.2) is 28.2 Å². The van der Waals surface area contributed by atoms with E-state index < -0.39 is 44.2 Å². The molecule has 1 saturated heterocycles. The first kappa shape index (κ1) is 19.1. The quantitative estimate of drug-likeness (QED) is 0.661. The maximum Gasteiger partial charge on any atom is 0.249 e. The minimum atomic E-state index is -4.69. The molecule has 0 saturated carbocycles. The average Bonchev–Trinajstić information content (AvgIpc) is 2.78. The van der Waals surface area contributed by atoms with E-state index in [0.717, 1.165) is 4.31 Å². The molecule has 0 amide bonds. The van der Waals surface area contributed by atoms with E-state index in [1.54, 1.807) is 6.92 Å². The number of hydrogen-bond donors (Lipinski definition) is 1. The van der Waals surface area contributed by atoms with Crippen molar-refractivity contribution in [3.8, 4) is 0 Å². The Labute approximate surface area is 131 Å². The second-order valence-electron chi connectivity index (χ2n) is 5.06. The molecule has 0 radical (unpaired) electrons. The third-order valence-corrected chi connectivity index (χ3v) is 5.58. The lowest BCUT2D eigenvalue weighted by Crippen LogP contribution is -2.36. The van der Waals surface area contributed by atoms with Gasteiger partial charge in [-0.05, 0) is 25.8 Å². The van der Waals surface area contributed by atoms with E-state index in [1.165, 1.54) is 0 Å². The second-order valence-corrected chi connectivity index (χ2v) is 6.89. The van der Waals surface area contributed by atoms with E-state index in [-0.39, 0.29) is 37.5 Å². The molecule has 2 atom stereocenters. The molecule has 22 heavy (non-hydrogen) atoms. The Morgan fingerprint density at radius 1 is 1.23 bits per heavy atom. The summed E-state index contributed by atoms with van der Waals surface area (Å²) in [6.45, 7) is 1.70. The summed E-state index contributed by atoms with van der Waals surface area (Å²) in [5.74, 6) is -7.52. The van der Waals surface area contributed by atoms with Crippen molar-refractivity contribution in [3.05, 3.63) is 29.3 Å². The number of benzene rings is 1. The SMILES string of the molecule is CC1CC(CN)CN1S(=O)(=O)c1c(F)c(F)cc(F)c1F.Cl. The van der Waals surface area contributed by atoms with Crippen LogP contribution >= 0.6 is 12.4 Å². The van der Waals surface area contributed by atoms with Crippen LogP contribution in [-0.2, 0) is 10.0 Å². The molecular weight excluding hydrogens is 348 g/mol. The van der Waals surface area contributed by atoms with Crippen LogP contribution in [0, 0.1) is 29.2 Å². The van der Waals surface area contributed by atoms with Crippen molar-refractivity contribution in [1.29, 1.82) is 0 Å². The van der Waals surface area contributed by atoms with Crippen LogP contribution in [0.1, 0.15) is 13.3 Å². The van der Waals surface area contributed by atoms with Crippen LogP contribution in [0.3, 0.4) is 0 Å². The Kier molecular flexibility index (Phi) is 5.82. The Hall–Kier alpha value is -0.900. The third-order valence-electron chi connectivity index (χ3n) is 3.58. The van der Waals surface area contributed by atoms with E-state index in [2.05, 4.69) is 0 Å². The van der Waals surface area contributed by atoms with Gasteiger partial charge in [0.2, 0.25) is 10.0 Å². The summed E-state index contributed by atoms with van der Waals surface area (Å²) in [6.07, 6.45) is 0.413. The van der Waals surface area contributed by atoms with Gasteiger partial charge in [0.05, 0.1) is 0 Å². The predicted octanol–water partition coefficient (Wildman–Crippen LogP) is 2.02. The normalized spacial score (nSPS) is 22.6. The molecule has 1 fully saturated rings. The van der Waals surface area contributed by atoms with Crippen LogP contribution in [0.5, 0.6) is 0 Å². The number of nitrogens with two attached hydrogens (primary N) is 1. The highest BCUT2D eigenvalue weighted by molar-refractivity contribution is 7.89. The van der Waals surface area contributed by atoms with E-state index in [0.29, 0.717) is 6.42 Å². The lowest BCUT2D eigenvalue weighted by molar-refractivity contribution is 0.380. The molecule has 1 aliphatic rings. The molecular formula is C12H15ClF4N2O2S. The fourth-order valence-corrected chi connectivity index (χ4v) is 4.36. The Morgan fingerprint density at radius 2 is 1.73 bits per heavy atom. The van der Waals surface area contributed by atoms with Crippen LogP contribution in [0.4, 0.5) is 17.6 Å². The van der Waals surface area contributed by atoms with Crippen molar-refractivity contribution < 1.29 is 26.0 Å². The summed E-state index contributed by atoms with van der Waals surface area (Å²) in [6, 6.07) is -0.589. The Bertz CT molecular complexity index is 645. The van der Waals surface area contributed by atoms with Crippen LogP contribution < -0.4 is 5.73 Å². The first-order chi connectivity index (χ1) is 9.70. The van der Waals surface area contributed by atoms with Crippen molar-refractivity contribution in [3.63, 3.8) is 0 Å². The molecule has 0 bridgehead atoms. The van der Waals surface area contributed by atoms with Crippen molar-refractivity contribution in [2.45, 2.75) is 24.3 Å². The van der Waals surface area contributed by atoms with E-state index in [1.807, 2.05) is 0 Å². The largest absolute Gasteiger partial charge is 0.330 e. The molecule has 4 nitrogen and oxygen atoms in total. The fraction of sp³-hybridized carbons (Fsp3) is 0.500. The van der Waals surface area contributed by atoms with Crippen molar-refractivity contribution >= 4 is 22.4 Å². The van der Waals surface area contributed by atoms with Crippen molar-refractivity contribution in [1.82, 2.24) is 4.31 Å². The molecule has 0 spiro atoms. The lowest BCUT2D eigenvalue weighted by Gasteiger charge is -2.21. The smallest absolute Gasteiger partial charge is 0.249 e. The third kappa shape index (κ3) is 3.08. The van der Waals surface area contributed by atoms with Gasteiger partial charge in [0.25, 0.3) is 0 Å². The number of sulfonamides is 1. The summed E-state index contributed by atoms with van der Waals surface area (Å²) >= 11 is 0. The molecule has 2 rings (SSSR count). The summed E-state index contributed by atoms with van der Waals surface area (Å²) in [4.78, 5) is -1.59. The van der Waals surface area contributed by atoms with Gasteiger partial charge >= 0.3 is 0 Å². The molecule has 0 aliphatic carbocycles. The summed E-state index contributed by atoms with van der Waals surface area (Å²) in [5.41, 5.74) is 5.46. The first-order valence-electron chi connectivity index (χ1n) is 6.25.